The molecule has 0 amide bonds. The lowest BCUT2D eigenvalue weighted by molar-refractivity contribution is 0.397. The van der Waals surface area contributed by atoms with Gasteiger partial charge in [-0.05, 0) is 18.6 Å². The SMILES string of the molecule is CCNc1nc(NCc2ccc(OC)nc2)c(Cl)cc1Cl. The second-order valence-electron chi connectivity index (χ2n) is 4.24. The molecule has 2 heterocycles. The summed E-state index contributed by atoms with van der Waals surface area (Å²) in [5.74, 6) is 1.77. The van der Waals surface area contributed by atoms with E-state index in [0.29, 0.717) is 34.1 Å². The van der Waals surface area contributed by atoms with Crippen molar-refractivity contribution in [1.82, 2.24) is 9.97 Å². The molecule has 0 bridgehead atoms. The van der Waals surface area contributed by atoms with Gasteiger partial charge < -0.3 is 15.4 Å². The summed E-state index contributed by atoms with van der Waals surface area (Å²) in [6.07, 6.45) is 1.74. The fourth-order valence-electron chi connectivity index (χ4n) is 1.70. The van der Waals surface area contributed by atoms with Crippen LogP contribution in [0.5, 0.6) is 5.88 Å². The maximum absolute atomic E-state index is 6.14. The Balaban J connectivity index is 2.09. The minimum atomic E-state index is 0.475. The van der Waals surface area contributed by atoms with Gasteiger partial charge in [0.2, 0.25) is 5.88 Å². The van der Waals surface area contributed by atoms with Crippen molar-refractivity contribution in [2.45, 2.75) is 13.5 Å². The quantitative estimate of drug-likeness (QED) is 0.844. The molecule has 0 saturated carbocycles. The van der Waals surface area contributed by atoms with Crippen LogP contribution in [0.4, 0.5) is 11.6 Å². The third kappa shape index (κ3) is 4.12. The van der Waals surface area contributed by atoms with Crippen LogP contribution in [0.1, 0.15) is 12.5 Å². The first-order valence-corrected chi connectivity index (χ1v) is 7.22. The Kier molecular flexibility index (Phi) is 5.47. The highest BCUT2D eigenvalue weighted by atomic mass is 35.5. The van der Waals surface area contributed by atoms with Crippen molar-refractivity contribution in [3.05, 3.63) is 40.0 Å². The highest BCUT2D eigenvalue weighted by Gasteiger charge is 2.08. The van der Waals surface area contributed by atoms with E-state index in [9.17, 15) is 0 Å². The van der Waals surface area contributed by atoms with Gasteiger partial charge in [0.25, 0.3) is 0 Å². The molecule has 0 aliphatic rings. The van der Waals surface area contributed by atoms with E-state index in [1.165, 1.54) is 0 Å². The number of nitrogens with one attached hydrogen (secondary N) is 2. The number of anilines is 2. The molecule has 0 aliphatic heterocycles. The lowest BCUT2D eigenvalue weighted by Gasteiger charge is -2.11. The van der Waals surface area contributed by atoms with Gasteiger partial charge in [0, 0.05) is 25.4 Å². The smallest absolute Gasteiger partial charge is 0.212 e. The normalized spacial score (nSPS) is 10.3. The molecule has 2 N–H and O–H groups in total. The van der Waals surface area contributed by atoms with E-state index >= 15 is 0 Å². The van der Waals surface area contributed by atoms with Crippen molar-refractivity contribution in [2.24, 2.45) is 0 Å². The second-order valence-corrected chi connectivity index (χ2v) is 5.06. The van der Waals surface area contributed by atoms with Gasteiger partial charge >= 0.3 is 0 Å². The van der Waals surface area contributed by atoms with Crippen molar-refractivity contribution in [3.63, 3.8) is 0 Å². The molecule has 2 aromatic rings. The van der Waals surface area contributed by atoms with Gasteiger partial charge in [0.05, 0.1) is 17.2 Å². The van der Waals surface area contributed by atoms with Crippen LogP contribution in [0.15, 0.2) is 24.4 Å². The highest BCUT2D eigenvalue weighted by Crippen LogP contribution is 2.29. The predicted molar refractivity (Wildman–Crippen MR) is 86.5 cm³/mol. The van der Waals surface area contributed by atoms with E-state index in [4.69, 9.17) is 27.9 Å². The molecule has 7 heteroatoms. The number of rotatable bonds is 6. The summed E-state index contributed by atoms with van der Waals surface area (Å²) in [7, 11) is 1.58. The third-order valence-corrected chi connectivity index (χ3v) is 3.32. The minimum absolute atomic E-state index is 0.475. The number of hydrogen-bond acceptors (Lipinski definition) is 5. The Morgan fingerprint density at radius 3 is 2.43 bits per heavy atom. The number of aromatic nitrogens is 2. The summed E-state index contributed by atoms with van der Waals surface area (Å²) in [4.78, 5) is 8.52. The molecule has 21 heavy (non-hydrogen) atoms. The number of ether oxygens (including phenoxy) is 1. The van der Waals surface area contributed by atoms with Gasteiger partial charge in [0.1, 0.15) is 11.6 Å². The number of methoxy groups -OCH3 is 1. The van der Waals surface area contributed by atoms with Gasteiger partial charge in [-0.3, -0.25) is 0 Å². The first-order chi connectivity index (χ1) is 10.1. The average molecular weight is 327 g/mol. The zero-order valence-electron chi connectivity index (χ0n) is 11.8. The van der Waals surface area contributed by atoms with Crippen molar-refractivity contribution in [1.29, 1.82) is 0 Å². The molecular formula is C14H16Cl2N4O. The van der Waals surface area contributed by atoms with Crippen LogP contribution in [0, 0.1) is 0 Å². The molecule has 0 unspecified atom stereocenters. The maximum Gasteiger partial charge on any atom is 0.212 e. The molecular weight excluding hydrogens is 311 g/mol. The van der Waals surface area contributed by atoms with E-state index in [2.05, 4.69) is 20.6 Å². The summed E-state index contributed by atoms with van der Waals surface area (Å²) in [5, 5.41) is 7.23. The molecule has 0 spiro atoms. The van der Waals surface area contributed by atoms with Crippen molar-refractivity contribution in [3.8, 4) is 5.88 Å². The Labute approximate surface area is 133 Å². The van der Waals surface area contributed by atoms with Crippen LogP contribution in [-0.4, -0.2) is 23.6 Å². The average Bonchev–Trinajstić information content (AvgIpc) is 2.49. The zero-order chi connectivity index (χ0) is 15.2. The molecule has 0 fully saturated rings. The van der Waals surface area contributed by atoms with E-state index in [0.717, 1.165) is 12.1 Å². The second kappa shape index (κ2) is 7.33. The first-order valence-electron chi connectivity index (χ1n) is 6.46. The lowest BCUT2D eigenvalue weighted by atomic mass is 10.3. The zero-order valence-corrected chi connectivity index (χ0v) is 13.3. The number of hydrogen-bond donors (Lipinski definition) is 2. The Hall–Kier alpha value is -1.72. The van der Waals surface area contributed by atoms with E-state index in [-0.39, 0.29) is 0 Å². The van der Waals surface area contributed by atoms with Gasteiger partial charge in [-0.25, -0.2) is 9.97 Å². The Morgan fingerprint density at radius 2 is 1.86 bits per heavy atom. The van der Waals surface area contributed by atoms with Gasteiger partial charge in [-0.1, -0.05) is 29.3 Å². The summed E-state index contributed by atoms with van der Waals surface area (Å²) in [5.41, 5.74) is 0.994. The molecule has 0 radical (unpaired) electrons. The van der Waals surface area contributed by atoms with Crippen LogP contribution in [0.3, 0.4) is 0 Å². The van der Waals surface area contributed by atoms with Gasteiger partial charge in [-0.15, -0.1) is 0 Å². The van der Waals surface area contributed by atoms with Crippen LogP contribution in [0.25, 0.3) is 0 Å². The Morgan fingerprint density at radius 1 is 1.14 bits per heavy atom. The van der Waals surface area contributed by atoms with Crippen molar-refractivity contribution >= 4 is 34.8 Å². The molecule has 0 aliphatic carbocycles. The fraction of sp³-hybridized carbons (Fsp3) is 0.286. The van der Waals surface area contributed by atoms with E-state index in [1.807, 2.05) is 13.0 Å². The topological polar surface area (TPSA) is 59.1 Å². The minimum Gasteiger partial charge on any atom is -0.481 e. The predicted octanol–water partition coefficient (Wildman–Crippen LogP) is 3.84. The lowest BCUT2D eigenvalue weighted by Crippen LogP contribution is -2.06. The maximum atomic E-state index is 6.14. The molecule has 0 saturated heterocycles. The van der Waals surface area contributed by atoms with Gasteiger partial charge in [0.15, 0.2) is 0 Å². The molecule has 2 aromatic heterocycles. The van der Waals surface area contributed by atoms with Crippen molar-refractivity contribution in [2.75, 3.05) is 24.3 Å². The molecule has 0 aromatic carbocycles. The highest BCUT2D eigenvalue weighted by molar-refractivity contribution is 6.37. The van der Waals surface area contributed by atoms with Crippen molar-refractivity contribution < 1.29 is 4.74 Å². The third-order valence-electron chi connectivity index (χ3n) is 2.74. The monoisotopic (exact) mass is 326 g/mol. The standard InChI is InChI=1S/C14H16Cl2N4O/c1-3-17-13-10(15)6-11(16)14(20-13)19-8-9-4-5-12(21-2)18-7-9/h4-7H,3,8H2,1-2H3,(H2,17,19,20). The molecule has 112 valence electrons. The first kappa shape index (κ1) is 15.7. The Bertz CT molecular complexity index is 605. The molecule has 0 atom stereocenters. The fourth-order valence-corrected chi connectivity index (χ4v) is 2.20. The number of pyridine rings is 2. The molecule has 2 rings (SSSR count). The summed E-state index contributed by atoms with van der Waals surface area (Å²) in [6.45, 7) is 3.26. The largest absolute Gasteiger partial charge is 0.481 e. The summed E-state index contributed by atoms with van der Waals surface area (Å²) >= 11 is 12.2. The van der Waals surface area contributed by atoms with E-state index in [1.54, 1.807) is 25.4 Å². The number of halogens is 2. The van der Waals surface area contributed by atoms with Crippen LogP contribution < -0.4 is 15.4 Å². The van der Waals surface area contributed by atoms with Crippen LogP contribution in [0.2, 0.25) is 10.0 Å². The molecule has 5 nitrogen and oxygen atoms in total. The summed E-state index contributed by atoms with van der Waals surface area (Å²) < 4.78 is 5.02. The van der Waals surface area contributed by atoms with E-state index < -0.39 is 0 Å². The van der Waals surface area contributed by atoms with Gasteiger partial charge in [-0.2, -0.15) is 0 Å². The number of nitrogens with zero attached hydrogens (tertiary/aromatic N) is 2. The summed E-state index contributed by atoms with van der Waals surface area (Å²) in [6, 6.07) is 5.40. The van der Waals surface area contributed by atoms with Crippen LogP contribution >= 0.6 is 23.2 Å². The van der Waals surface area contributed by atoms with Crippen LogP contribution in [-0.2, 0) is 6.54 Å².